The average molecular weight is 495 g/mol. The molecule has 5 rings (SSSR count). The molecule has 172 valence electrons. The Bertz CT molecular complexity index is 1490. The van der Waals surface area contributed by atoms with E-state index in [4.69, 9.17) is 28.2 Å². The molecule has 11 heteroatoms. The summed E-state index contributed by atoms with van der Waals surface area (Å²) in [5, 5.41) is 14.7. The zero-order valence-electron chi connectivity index (χ0n) is 18.5. The van der Waals surface area contributed by atoms with Gasteiger partial charge in [-0.15, -0.1) is 10.2 Å². The Morgan fingerprint density at radius 1 is 1.15 bits per heavy atom. The number of tetrazole rings is 1. The summed E-state index contributed by atoms with van der Waals surface area (Å²) in [4.78, 5) is 22.8. The topological polar surface area (TPSA) is 107 Å². The van der Waals surface area contributed by atoms with E-state index < -0.39 is 0 Å². The van der Waals surface area contributed by atoms with Gasteiger partial charge in [0.05, 0.1) is 10.0 Å². The van der Waals surface area contributed by atoms with E-state index in [2.05, 4.69) is 32.5 Å². The van der Waals surface area contributed by atoms with Gasteiger partial charge in [0.15, 0.2) is 5.65 Å². The van der Waals surface area contributed by atoms with E-state index in [1.807, 2.05) is 25.1 Å². The van der Waals surface area contributed by atoms with Crippen LogP contribution in [0.15, 0.2) is 42.7 Å². The Kier molecular flexibility index (Phi) is 5.89. The van der Waals surface area contributed by atoms with Crippen LogP contribution in [0.25, 0.3) is 28.4 Å². The van der Waals surface area contributed by atoms with Gasteiger partial charge in [0.25, 0.3) is 5.91 Å². The second kappa shape index (κ2) is 9.00. The monoisotopic (exact) mass is 494 g/mol. The van der Waals surface area contributed by atoms with Crippen molar-refractivity contribution >= 4 is 40.3 Å². The van der Waals surface area contributed by atoms with E-state index in [0.717, 1.165) is 35.4 Å². The van der Waals surface area contributed by atoms with E-state index in [1.165, 1.54) is 0 Å². The van der Waals surface area contributed by atoms with Crippen molar-refractivity contribution in [3.05, 3.63) is 69.7 Å². The number of carbonyl (C=O) groups is 1. The molecule has 4 aromatic heterocycles. The fourth-order valence-corrected chi connectivity index (χ4v) is 4.29. The molecular weight excluding hydrogens is 475 g/mol. The lowest BCUT2D eigenvalue weighted by molar-refractivity contribution is 0.0960. The van der Waals surface area contributed by atoms with E-state index in [-0.39, 0.29) is 5.91 Å². The molecule has 0 atom stereocenters. The molecule has 1 aromatic carbocycles. The quantitative estimate of drug-likeness (QED) is 0.353. The number of aromatic nitrogens is 8. The van der Waals surface area contributed by atoms with Crippen molar-refractivity contribution in [3.8, 4) is 17.2 Å². The Balaban J connectivity index is 1.55. The number of aromatic amines is 1. The zero-order valence-corrected chi connectivity index (χ0v) is 20.0. The second-order valence-electron chi connectivity index (χ2n) is 7.86. The summed E-state index contributed by atoms with van der Waals surface area (Å²) in [5.74, 6) is 0.847. The molecule has 0 fully saturated rings. The summed E-state index contributed by atoms with van der Waals surface area (Å²) in [6.07, 6.45) is 6.01. The van der Waals surface area contributed by atoms with Crippen LogP contribution in [0.5, 0.6) is 0 Å². The molecule has 0 spiro atoms. The number of imidazole rings is 1. The fraction of sp³-hybridized carbons (Fsp3) is 0.217. The third-order valence-electron chi connectivity index (χ3n) is 5.62. The first-order chi connectivity index (χ1) is 16.5. The molecule has 9 nitrogen and oxygen atoms in total. The Hall–Kier alpha value is -3.56. The SMILES string of the molecule is CCCCc1nc2c(C)ccnc2n1C(=O)c1ccc(-n2cc(Cl)c(Cl)c2-c2nn[nH]n2)cc1. The Labute approximate surface area is 204 Å². The summed E-state index contributed by atoms with van der Waals surface area (Å²) in [7, 11) is 0. The first kappa shape index (κ1) is 22.2. The first-order valence-electron chi connectivity index (χ1n) is 10.8. The number of carbonyl (C=O) groups excluding carboxylic acids is 1. The van der Waals surface area contributed by atoms with Crippen molar-refractivity contribution in [1.82, 2.24) is 39.7 Å². The van der Waals surface area contributed by atoms with Crippen molar-refractivity contribution < 1.29 is 4.79 Å². The van der Waals surface area contributed by atoms with Crippen LogP contribution in [0, 0.1) is 6.92 Å². The lowest BCUT2D eigenvalue weighted by atomic mass is 10.1. The molecule has 4 heterocycles. The number of halogens is 2. The van der Waals surface area contributed by atoms with Gasteiger partial charge in [0.2, 0.25) is 5.82 Å². The predicted molar refractivity (Wildman–Crippen MR) is 130 cm³/mol. The van der Waals surface area contributed by atoms with Gasteiger partial charge in [-0.1, -0.05) is 36.5 Å². The average Bonchev–Trinajstić information content (AvgIpc) is 3.56. The number of nitrogens with zero attached hydrogens (tertiary/aromatic N) is 7. The van der Waals surface area contributed by atoms with Crippen molar-refractivity contribution in [3.63, 3.8) is 0 Å². The number of rotatable bonds is 6. The van der Waals surface area contributed by atoms with Gasteiger partial charge >= 0.3 is 0 Å². The number of pyridine rings is 1. The Morgan fingerprint density at radius 3 is 2.65 bits per heavy atom. The summed E-state index contributed by atoms with van der Waals surface area (Å²) in [6, 6.07) is 9.03. The molecule has 1 N–H and O–H groups in total. The zero-order chi connectivity index (χ0) is 23.8. The van der Waals surface area contributed by atoms with Crippen molar-refractivity contribution in [2.75, 3.05) is 0 Å². The van der Waals surface area contributed by atoms with E-state index in [0.29, 0.717) is 39.2 Å². The molecule has 0 aliphatic rings. The van der Waals surface area contributed by atoms with Gasteiger partial charge in [0, 0.05) is 30.1 Å². The smallest absolute Gasteiger partial charge is 0.265 e. The molecule has 0 aliphatic heterocycles. The van der Waals surface area contributed by atoms with Crippen LogP contribution in [0.4, 0.5) is 0 Å². The summed E-state index contributed by atoms with van der Waals surface area (Å²) in [5.41, 5.74) is 4.06. The molecule has 5 aromatic rings. The largest absolute Gasteiger partial charge is 0.311 e. The molecule has 34 heavy (non-hydrogen) atoms. The molecular formula is C23H20Cl2N8O. The number of hydrogen-bond acceptors (Lipinski definition) is 6. The molecule has 0 amide bonds. The number of nitrogens with one attached hydrogen (secondary N) is 1. The maximum atomic E-state index is 13.6. The van der Waals surface area contributed by atoms with E-state index >= 15 is 0 Å². The first-order valence-corrected chi connectivity index (χ1v) is 11.5. The number of benzene rings is 1. The van der Waals surface area contributed by atoms with E-state index in [9.17, 15) is 4.79 Å². The highest BCUT2D eigenvalue weighted by Crippen LogP contribution is 2.35. The lowest BCUT2D eigenvalue weighted by Gasteiger charge is -2.10. The highest BCUT2D eigenvalue weighted by molar-refractivity contribution is 6.43. The minimum absolute atomic E-state index is 0.180. The predicted octanol–water partition coefficient (Wildman–Crippen LogP) is 5.05. The second-order valence-corrected chi connectivity index (χ2v) is 8.65. The number of fused-ring (bicyclic) bond motifs is 1. The highest BCUT2D eigenvalue weighted by atomic mass is 35.5. The number of aryl methyl sites for hydroxylation is 2. The summed E-state index contributed by atoms with van der Waals surface area (Å²) >= 11 is 12.7. The van der Waals surface area contributed by atoms with E-state index in [1.54, 1.807) is 33.7 Å². The van der Waals surface area contributed by atoms with Crippen LogP contribution in [0.2, 0.25) is 10.0 Å². The lowest BCUT2D eigenvalue weighted by Crippen LogP contribution is -2.16. The standard InChI is InChI=1S/C23H20Cl2N8O/c1-3-4-5-17-27-19-13(2)10-11-26-22(19)33(17)23(34)14-6-8-15(9-7-14)32-12-16(24)18(25)20(32)21-28-30-31-29-21/h6-12H,3-5H2,1-2H3,(H,28,29,30,31). The van der Waals surface area contributed by atoms with Gasteiger partial charge in [0.1, 0.15) is 17.0 Å². The summed E-state index contributed by atoms with van der Waals surface area (Å²) in [6.45, 7) is 4.08. The van der Waals surface area contributed by atoms with Crippen LogP contribution in [0.3, 0.4) is 0 Å². The van der Waals surface area contributed by atoms with Gasteiger partial charge in [-0.3, -0.25) is 4.79 Å². The van der Waals surface area contributed by atoms with Crippen LogP contribution in [0.1, 0.15) is 41.5 Å². The maximum absolute atomic E-state index is 13.6. The molecule has 0 radical (unpaired) electrons. The molecule has 0 aliphatic carbocycles. The minimum atomic E-state index is -0.180. The third-order valence-corrected chi connectivity index (χ3v) is 6.39. The number of unbranched alkanes of at least 4 members (excludes halogenated alkanes) is 1. The fourth-order valence-electron chi connectivity index (χ4n) is 3.87. The third kappa shape index (κ3) is 3.76. The maximum Gasteiger partial charge on any atom is 0.265 e. The van der Waals surface area contributed by atoms with Crippen molar-refractivity contribution in [2.45, 2.75) is 33.1 Å². The van der Waals surface area contributed by atoms with Gasteiger partial charge in [-0.05, 0) is 54.5 Å². The molecule has 0 bridgehead atoms. The normalized spacial score (nSPS) is 11.4. The van der Waals surface area contributed by atoms with Crippen molar-refractivity contribution in [2.24, 2.45) is 0 Å². The molecule has 0 unspecified atom stereocenters. The van der Waals surface area contributed by atoms with Crippen LogP contribution >= 0.6 is 23.2 Å². The highest BCUT2D eigenvalue weighted by Gasteiger charge is 2.22. The number of hydrogen-bond donors (Lipinski definition) is 1. The van der Waals surface area contributed by atoms with Crippen LogP contribution in [-0.2, 0) is 6.42 Å². The van der Waals surface area contributed by atoms with Gasteiger partial charge < -0.3 is 4.57 Å². The Morgan fingerprint density at radius 2 is 1.94 bits per heavy atom. The molecule has 0 saturated carbocycles. The van der Waals surface area contributed by atoms with Gasteiger partial charge in [-0.2, -0.15) is 5.21 Å². The van der Waals surface area contributed by atoms with Crippen molar-refractivity contribution in [1.29, 1.82) is 0 Å². The molecule has 0 saturated heterocycles. The number of H-pyrrole nitrogens is 1. The summed E-state index contributed by atoms with van der Waals surface area (Å²) < 4.78 is 3.38. The minimum Gasteiger partial charge on any atom is -0.311 e. The van der Waals surface area contributed by atoms with Crippen LogP contribution < -0.4 is 0 Å². The van der Waals surface area contributed by atoms with Gasteiger partial charge in [-0.25, -0.2) is 14.5 Å². The van der Waals surface area contributed by atoms with Crippen LogP contribution in [-0.4, -0.2) is 45.6 Å².